The maximum Gasteiger partial charge on any atom is 0.548 e. The first kappa shape index (κ1) is 24.5. The van der Waals surface area contributed by atoms with E-state index in [4.69, 9.17) is 30.7 Å². The molecular formula is C26H24NO6PS. The zero-order valence-electron chi connectivity index (χ0n) is 18.9. The molecule has 1 fully saturated rings. The Balaban J connectivity index is 1.74. The second-order valence-corrected chi connectivity index (χ2v) is 9.52. The molecule has 1 aliphatic heterocycles. The molecule has 0 aliphatic carbocycles. The minimum absolute atomic E-state index is 0.119. The number of carbonyl (C=O) groups is 1. The minimum Gasteiger partial charge on any atom is -0.464 e. The number of nitrogens with zero attached hydrogens (tertiary/aromatic N) is 1. The largest absolute Gasteiger partial charge is 0.548 e. The van der Waals surface area contributed by atoms with E-state index in [1.165, 1.54) is 0 Å². The molecular weight excluding hydrogens is 485 g/mol. The van der Waals surface area contributed by atoms with E-state index in [2.05, 4.69) is 0 Å². The van der Waals surface area contributed by atoms with Crippen molar-refractivity contribution >= 4 is 37.2 Å². The molecule has 0 bridgehead atoms. The Labute approximate surface area is 209 Å². The number of rotatable bonds is 9. The number of thiocarbonyl (C=S) groups is 1. The van der Waals surface area contributed by atoms with Crippen LogP contribution in [0.1, 0.15) is 12.5 Å². The van der Waals surface area contributed by atoms with Crippen molar-refractivity contribution in [1.82, 2.24) is 4.67 Å². The summed E-state index contributed by atoms with van der Waals surface area (Å²) in [5, 5.41) is -0.194. The molecule has 1 heterocycles. The van der Waals surface area contributed by atoms with Crippen molar-refractivity contribution in [3.05, 3.63) is 103 Å². The highest BCUT2D eigenvalue weighted by Crippen LogP contribution is 2.55. The highest BCUT2D eigenvalue weighted by atomic mass is 32.1. The van der Waals surface area contributed by atoms with Crippen LogP contribution in [0.4, 0.5) is 0 Å². The van der Waals surface area contributed by atoms with Crippen LogP contribution in [0.15, 0.2) is 97.1 Å². The first-order valence-electron chi connectivity index (χ1n) is 11.0. The number of ether oxygens (including phenoxy) is 2. The fourth-order valence-electron chi connectivity index (χ4n) is 3.45. The van der Waals surface area contributed by atoms with E-state index in [1.807, 2.05) is 30.3 Å². The average molecular weight is 510 g/mol. The van der Waals surface area contributed by atoms with Gasteiger partial charge in [-0.3, -0.25) is 0 Å². The third kappa shape index (κ3) is 5.91. The lowest BCUT2D eigenvalue weighted by molar-refractivity contribution is -0.147. The van der Waals surface area contributed by atoms with E-state index >= 15 is 0 Å². The lowest BCUT2D eigenvalue weighted by atomic mass is 10.1. The molecule has 0 N–H and O–H groups in total. The molecule has 0 aromatic heterocycles. The molecule has 180 valence electrons. The quantitative estimate of drug-likeness (QED) is 0.201. The number of para-hydroxylation sites is 2. The first-order chi connectivity index (χ1) is 17.0. The molecule has 9 heteroatoms. The maximum atomic E-state index is 14.4. The van der Waals surface area contributed by atoms with Crippen molar-refractivity contribution < 1.29 is 27.9 Å². The number of benzene rings is 3. The van der Waals surface area contributed by atoms with Gasteiger partial charge in [0.25, 0.3) is 5.17 Å². The average Bonchev–Trinajstić information content (AvgIpc) is 3.21. The fraction of sp³-hybridized carbons (Fsp3) is 0.154. The zero-order valence-corrected chi connectivity index (χ0v) is 20.6. The minimum atomic E-state index is -4.30. The van der Waals surface area contributed by atoms with Gasteiger partial charge in [0.05, 0.1) is 6.61 Å². The van der Waals surface area contributed by atoms with E-state index in [1.54, 1.807) is 79.7 Å². The summed E-state index contributed by atoms with van der Waals surface area (Å²) in [6.45, 7) is 1.81. The van der Waals surface area contributed by atoms with Crippen molar-refractivity contribution in [1.29, 1.82) is 0 Å². The molecule has 1 saturated heterocycles. The summed E-state index contributed by atoms with van der Waals surface area (Å²) in [4.78, 5) is 13.1. The predicted octanol–water partition coefficient (Wildman–Crippen LogP) is 5.88. The summed E-state index contributed by atoms with van der Waals surface area (Å²) in [6, 6.07) is 25.4. The Morgan fingerprint density at radius 1 is 0.943 bits per heavy atom. The topological polar surface area (TPSA) is 74.3 Å². The summed E-state index contributed by atoms with van der Waals surface area (Å²) in [5.41, 5.74) is 0.896. The molecule has 3 aromatic carbocycles. The van der Waals surface area contributed by atoms with Crippen LogP contribution < -0.4 is 9.05 Å². The van der Waals surface area contributed by atoms with Crippen molar-refractivity contribution in [2.24, 2.45) is 0 Å². The number of hydrogen-bond donors (Lipinski definition) is 0. The summed E-state index contributed by atoms with van der Waals surface area (Å²) in [5.74, 6) is -0.107. The van der Waals surface area contributed by atoms with Crippen molar-refractivity contribution in [3.63, 3.8) is 0 Å². The van der Waals surface area contributed by atoms with E-state index in [0.717, 1.165) is 10.2 Å². The molecule has 2 unspecified atom stereocenters. The predicted molar refractivity (Wildman–Crippen MR) is 137 cm³/mol. The fourth-order valence-corrected chi connectivity index (χ4v) is 5.74. The first-order valence-corrected chi connectivity index (χ1v) is 12.9. The Morgan fingerprint density at radius 2 is 1.46 bits per heavy atom. The molecule has 2 atom stereocenters. The summed E-state index contributed by atoms with van der Waals surface area (Å²) >= 11 is 5.44. The molecule has 0 saturated carbocycles. The van der Waals surface area contributed by atoms with Gasteiger partial charge in [-0.1, -0.05) is 72.8 Å². The highest BCUT2D eigenvalue weighted by Gasteiger charge is 2.56. The number of hydrogen-bond acceptors (Lipinski definition) is 7. The Morgan fingerprint density at radius 3 is 1.97 bits per heavy atom. The van der Waals surface area contributed by atoms with Gasteiger partial charge in [-0.05, 0) is 55.0 Å². The number of carbonyl (C=O) groups excluding carboxylic acids is 1. The Bertz CT molecular complexity index is 1180. The monoisotopic (exact) mass is 509 g/mol. The molecule has 4 rings (SSSR count). The Hall–Kier alpha value is -3.61. The Kier molecular flexibility index (Phi) is 7.85. The van der Waals surface area contributed by atoms with Gasteiger partial charge < -0.3 is 18.5 Å². The van der Waals surface area contributed by atoms with Gasteiger partial charge in [-0.2, -0.15) is 0 Å². The lowest BCUT2D eigenvalue weighted by Crippen LogP contribution is -2.43. The van der Waals surface area contributed by atoms with Gasteiger partial charge in [-0.25, -0.2) is 14.0 Å². The van der Waals surface area contributed by atoms with E-state index < -0.39 is 25.9 Å². The molecule has 0 spiro atoms. The third-order valence-electron chi connectivity index (χ3n) is 5.00. The molecule has 3 aromatic rings. The van der Waals surface area contributed by atoms with Crippen LogP contribution in [0.2, 0.25) is 0 Å². The van der Waals surface area contributed by atoms with Gasteiger partial charge in [-0.15, -0.1) is 0 Å². The molecule has 1 aliphatic rings. The van der Waals surface area contributed by atoms with Crippen molar-refractivity contribution in [2.75, 3.05) is 6.61 Å². The standard InChI is InChI=1S/C26H24NO6PS/c1-2-30-25(28)24-23(19-18-20-12-6-3-7-13-20)31-26(35)27(24)34(29,32-21-14-8-4-9-15-21)33-22-16-10-5-11-17-22/h3-19,23-24H,2H2,1H3/b19-18+. The molecule has 7 nitrogen and oxygen atoms in total. The van der Waals surface area contributed by atoms with Crippen molar-refractivity contribution in [2.45, 2.75) is 19.1 Å². The summed E-state index contributed by atoms with van der Waals surface area (Å²) < 4.78 is 38.4. The second-order valence-electron chi connectivity index (χ2n) is 7.44. The summed E-state index contributed by atoms with van der Waals surface area (Å²) in [6.07, 6.45) is 2.59. The van der Waals surface area contributed by atoms with Crippen molar-refractivity contribution in [3.8, 4) is 11.5 Å². The van der Waals surface area contributed by atoms with E-state index in [-0.39, 0.29) is 23.3 Å². The van der Waals surface area contributed by atoms with Crippen LogP contribution in [-0.4, -0.2) is 34.6 Å². The SMILES string of the molecule is CCOC(=O)C1C(/C=C/c2ccccc2)OC(=S)N1P(=O)(Oc1ccccc1)Oc1ccccc1. The van der Waals surface area contributed by atoms with Crippen LogP contribution in [-0.2, 0) is 18.8 Å². The lowest BCUT2D eigenvalue weighted by Gasteiger charge is -2.29. The van der Waals surface area contributed by atoms with Crippen LogP contribution >= 0.6 is 20.0 Å². The van der Waals surface area contributed by atoms with Gasteiger partial charge >= 0.3 is 13.7 Å². The van der Waals surface area contributed by atoms with Crippen LogP contribution in [0.5, 0.6) is 11.5 Å². The smallest absolute Gasteiger partial charge is 0.464 e. The van der Waals surface area contributed by atoms with Gasteiger partial charge in [0, 0.05) is 0 Å². The van der Waals surface area contributed by atoms with Gasteiger partial charge in [0.15, 0.2) is 12.1 Å². The number of esters is 1. The van der Waals surface area contributed by atoms with E-state index in [0.29, 0.717) is 0 Å². The normalized spacial score (nSPS) is 17.7. The van der Waals surface area contributed by atoms with Crippen LogP contribution in [0, 0.1) is 0 Å². The second kappa shape index (κ2) is 11.2. The van der Waals surface area contributed by atoms with E-state index in [9.17, 15) is 9.36 Å². The van der Waals surface area contributed by atoms with Crippen LogP contribution in [0.3, 0.4) is 0 Å². The maximum absolute atomic E-state index is 14.4. The van der Waals surface area contributed by atoms with Crippen LogP contribution in [0.25, 0.3) is 6.08 Å². The third-order valence-corrected chi connectivity index (χ3v) is 7.27. The molecule has 0 radical (unpaired) electrons. The zero-order chi connectivity index (χ0) is 24.7. The van der Waals surface area contributed by atoms with Gasteiger partial charge in [0.1, 0.15) is 11.5 Å². The summed E-state index contributed by atoms with van der Waals surface area (Å²) in [7, 11) is -4.30. The van der Waals surface area contributed by atoms with Gasteiger partial charge in [0.2, 0.25) is 0 Å². The highest BCUT2D eigenvalue weighted by molar-refractivity contribution is 7.80. The molecule has 0 amide bonds. The molecule has 35 heavy (non-hydrogen) atoms.